The van der Waals surface area contributed by atoms with Gasteiger partial charge in [-0.25, -0.2) is 4.98 Å². The summed E-state index contributed by atoms with van der Waals surface area (Å²) in [7, 11) is 0. The molecule has 0 saturated heterocycles. The molecule has 0 radical (unpaired) electrons. The first-order chi connectivity index (χ1) is 7.54. The van der Waals surface area contributed by atoms with Gasteiger partial charge in [-0.1, -0.05) is 18.5 Å². The highest BCUT2D eigenvalue weighted by Crippen LogP contribution is 2.37. The Balaban J connectivity index is 2.86. The monoisotopic (exact) mass is 303 g/mol. The van der Waals surface area contributed by atoms with Crippen LogP contribution in [0.4, 0.5) is 5.69 Å². The first-order valence-electron chi connectivity index (χ1n) is 4.55. The second kappa shape index (κ2) is 4.03. The third kappa shape index (κ3) is 1.68. The molecule has 1 aromatic carbocycles. The van der Waals surface area contributed by atoms with Crippen LogP contribution >= 0.6 is 27.5 Å². The topological polar surface area (TPSA) is 71.8 Å². The average molecular weight is 305 g/mol. The Labute approximate surface area is 104 Å². The van der Waals surface area contributed by atoms with E-state index in [1.807, 2.05) is 6.92 Å². The summed E-state index contributed by atoms with van der Waals surface area (Å²) in [5.41, 5.74) is 0.747. The highest BCUT2D eigenvalue weighted by atomic mass is 79.9. The van der Waals surface area contributed by atoms with Gasteiger partial charge in [0.1, 0.15) is 10.8 Å². The van der Waals surface area contributed by atoms with Crippen LogP contribution in [-0.4, -0.2) is 14.9 Å². The number of aromatic nitrogens is 2. The summed E-state index contributed by atoms with van der Waals surface area (Å²) in [6.45, 7) is 1.92. The van der Waals surface area contributed by atoms with Gasteiger partial charge in [-0.15, -0.1) is 0 Å². The average Bonchev–Trinajstić information content (AvgIpc) is 2.61. The number of nitrogens with zero attached hydrogens (tertiary/aromatic N) is 2. The van der Waals surface area contributed by atoms with Crippen LogP contribution in [0.25, 0.3) is 11.0 Å². The van der Waals surface area contributed by atoms with Crippen molar-refractivity contribution in [3.63, 3.8) is 0 Å². The van der Waals surface area contributed by atoms with Gasteiger partial charge in [0.05, 0.1) is 10.4 Å². The van der Waals surface area contributed by atoms with Crippen molar-refractivity contribution >= 4 is 44.3 Å². The number of aryl methyl sites for hydroxylation is 1. The van der Waals surface area contributed by atoms with Gasteiger partial charge in [0, 0.05) is 10.9 Å². The maximum absolute atomic E-state index is 10.9. The molecule has 84 valence electrons. The lowest BCUT2D eigenvalue weighted by Gasteiger charge is -1.98. The van der Waals surface area contributed by atoms with Crippen LogP contribution in [0, 0.1) is 10.1 Å². The Morgan fingerprint density at radius 1 is 1.69 bits per heavy atom. The number of hydrogen-bond donors (Lipinski definition) is 1. The highest BCUT2D eigenvalue weighted by Gasteiger charge is 2.23. The zero-order valence-electron chi connectivity index (χ0n) is 8.25. The van der Waals surface area contributed by atoms with Crippen LogP contribution in [0.2, 0.25) is 5.02 Å². The number of hydrogen-bond acceptors (Lipinski definition) is 3. The van der Waals surface area contributed by atoms with Crippen molar-refractivity contribution in [2.24, 2.45) is 0 Å². The predicted octanol–water partition coefficient (Wildman–Crippen LogP) is 3.45. The van der Waals surface area contributed by atoms with Crippen LogP contribution < -0.4 is 0 Å². The molecule has 0 atom stereocenters. The minimum atomic E-state index is -0.518. The van der Waals surface area contributed by atoms with Crippen LogP contribution in [-0.2, 0) is 6.42 Å². The molecule has 0 aliphatic carbocycles. The third-order valence-corrected chi connectivity index (χ3v) is 3.45. The SMILES string of the molecule is CCc1nc2c([N+](=O)[O-])c(Cl)c(Br)cc2[nH]1. The van der Waals surface area contributed by atoms with Crippen LogP contribution in [0.1, 0.15) is 12.7 Å². The summed E-state index contributed by atoms with van der Waals surface area (Å²) in [4.78, 5) is 17.6. The lowest BCUT2D eigenvalue weighted by Crippen LogP contribution is -1.91. The number of halogens is 2. The first kappa shape index (κ1) is 11.3. The molecule has 1 N–H and O–H groups in total. The normalized spacial score (nSPS) is 10.9. The summed E-state index contributed by atoms with van der Waals surface area (Å²) in [5, 5.41) is 11.0. The van der Waals surface area contributed by atoms with Gasteiger partial charge in [0.25, 0.3) is 0 Å². The van der Waals surface area contributed by atoms with Gasteiger partial charge in [0.2, 0.25) is 0 Å². The first-order valence-corrected chi connectivity index (χ1v) is 5.72. The fourth-order valence-corrected chi connectivity index (χ4v) is 2.09. The number of fused-ring (bicyclic) bond motifs is 1. The largest absolute Gasteiger partial charge is 0.342 e. The number of aromatic amines is 1. The standard InChI is InChI=1S/C9H7BrClN3O2/c1-2-6-12-5-3-4(10)7(11)9(14(15)16)8(5)13-6/h3H,2H2,1H3,(H,12,13). The van der Waals surface area contributed by atoms with Crippen molar-refractivity contribution in [2.75, 3.05) is 0 Å². The number of nitrogens with one attached hydrogen (secondary N) is 1. The van der Waals surface area contributed by atoms with Crippen molar-refractivity contribution in [3.05, 3.63) is 31.5 Å². The number of rotatable bonds is 2. The van der Waals surface area contributed by atoms with E-state index in [1.54, 1.807) is 6.07 Å². The van der Waals surface area contributed by atoms with E-state index in [2.05, 4.69) is 25.9 Å². The van der Waals surface area contributed by atoms with Crippen molar-refractivity contribution < 1.29 is 4.92 Å². The zero-order valence-corrected chi connectivity index (χ0v) is 10.6. The second-order valence-corrected chi connectivity index (χ2v) is 4.44. The lowest BCUT2D eigenvalue weighted by atomic mass is 10.3. The van der Waals surface area contributed by atoms with Crippen LogP contribution in [0.15, 0.2) is 10.5 Å². The lowest BCUT2D eigenvalue weighted by molar-refractivity contribution is -0.383. The second-order valence-electron chi connectivity index (χ2n) is 3.21. The Hall–Kier alpha value is -1.14. The molecule has 2 rings (SSSR count). The van der Waals surface area contributed by atoms with E-state index >= 15 is 0 Å². The number of imidazole rings is 1. The van der Waals surface area contributed by atoms with E-state index in [1.165, 1.54) is 0 Å². The Kier molecular flexibility index (Phi) is 2.86. The molecule has 0 aliphatic rings. The highest BCUT2D eigenvalue weighted by molar-refractivity contribution is 9.10. The fraction of sp³-hybridized carbons (Fsp3) is 0.222. The fourth-order valence-electron chi connectivity index (χ4n) is 1.46. The van der Waals surface area contributed by atoms with Gasteiger partial charge in [-0.3, -0.25) is 10.1 Å². The van der Waals surface area contributed by atoms with Crippen molar-refractivity contribution in [3.8, 4) is 0 Å². The molecule has 0 aliphatic heterocycles. The Morgan fingerprint density at radius 3 is 2.94 bits per heavy atom. The molecular weight excluding hydrogens is 297 g/mol. The number of benzene rings is 1. The predicted molar refractivity (Wildman–Crippen MR) is 64.8 cm³/mol. The molecule has 0 bridgehead atoms. The Morgan fingerprint density at radius 2 is 2.38 bits per heavy atom. The van der Waals surface area contributed by atoms with Gasteiger partial charge < -0.3 is 4.98 Å². The van der Waals surface area contributed by atoms with Crippen molar-refractivity contribution in [2.45, 2.75) is 13.3 Å². The summed E-state index contributed by atoms with van der Waals surface area (Å²) in [6.07, 6.45) is 0.682. The third-order valence-electron chi connectivity index (χ3n) is 2.21. The molecule has 0 saturated carbocycles. The van der Waals surface area contributed by atoms with Crippen molar-refractivity contribution in [1.82, 2.24) is 9.97 Å². The minimum absolute atomic E-state index is 0.0756. The maximum atomic E-state index is 10.9. The van der Waals surface area contributed by atoms with Gasteiger partial charge in [-0.05, 0) is 22.0 Å². The zero-order chi connectivity index (χ0) is 11.9. The quantitative estimate of drug-likeness (QED) is 0.682. The van der Waals surface area contributed by atoms with E-state index in [0.717, 1.165) is 0 Å². The molecule has 5 nitrogen and oxygen atoms in total. The van der Waals surface area contributed by atoms with Gasteiger partial charge >= 0.3 is 5.69 Å². The van der Waals surface area contributed by atoms with E-state index in [9.17, 15) is 10.1 Å². The molecule has 0 unspecified atom stereocenters. The van der Waals surface area contributed by atoms with E-state index < -0.39 is 4.92 Å². The number of nitro groups is 1. The summed E-state index contributed by atoms with van der Waals surface area (Å²) >= 11 is 9.06. The molecule has 16 heavy (non-hydrogen) atoms. The number of H-pyrrole nitrogens is 1. The van der Waals surface area contributed by atoms with Gasteiger partial charge in [0.15, 0.2) is 5.52 Å². The molecule has 1 aromatic heterocycles. The minimum Gasteiger partial charge on any atom is -0.342 e. The van der Waals surface area contributed by atoms with E-state index in [-0.39, 0.29) is 10.7 Å². The van der Waals surface area contributed by atoms with Gasteiger partial charge in [-0.2, -0.15) is 0 Å². The Bertz CT molecular complexity index is 582. The van der Waals surface area contributed by atoms with Crippen LogP contribution in [0.3, 0.4) is 0 Å². The molecule has 0 fully saturated rings. The van der Waals surface area contributed by atoms with Crippen molar-refractivity contribution in [1.29, 1.82) is 0 Å². The summed E-state index contributed by atoms with van der Waals surface area (Å²) in [5.74, 6) is 0.701. The smallest absolute Gasteiger partial charge is 0.316 e. The maximum Gasteiger partial charge on any atom is 0.316 e. The summed E-state index contributed by atoms with van der Waals surface area (Å²) in [6, 6.07) is 1.69. The molecular formula is C9H7BrClN3O2. The number of nitro benzene ring substituents is 1. The molecule has 7 heteroatoms. The molecule has 2 aromatic rings. The van der Waals surface area contributed by atoms with E-state index in [0.29, 0.717) is 27.8 Å². The molecule has 0 spiro atoms. The molecule has 1 heterocycles. The summed E-state index contributed by atoms with van der Waals surface area (Å²) < 4.78 is 0.486. The van der Waals surface area contributed by atoms with Crippen LogP contribution in [0.5, 0.6) is 0 Å². The molecule has 0 amide bonds. The van der Waals surface area contributed by atoms with E-state index in [4.69, 9.17) is 11.6 Å².